The van der Waals surface area contributed by atoms with Crippen molar-refractivity contribution in [2.45, 2.75) is 27.3 Å². The summed E-state index contributed by atoms with van der Waals surface area (Å²) in [6, 6.07) is 13.5. The van der Waals surface area contributed by atoms with Gasteiger partial charge in [0.1, 0.15) is 5.69 Å². The van der Waals surface area contributed by atoms with Crippen LogP contribution in [-0.4, -0.2) is 17.7 Å². The molecule has 148 valence electrons. The first-order valence-corrected chi connectivity index (χ1v) is 9.47. The molecule has 1 aliphatic heterocycles. The van der Waals surface area contributed by atoms with Crippen LogP contribution < -0.4 is 20.1 Å². The monoisotopic (exact) mass is 389 g/mol. The fraction of sp³-hybridized carbons (Fsp3) is 0.217. The van der Waals surface area contributed by atoms with Gasteiger partial charge < -0.3 is 20.1 Å². The number of aryl methyl sites for hydroxylation is 3. The molecule has 0 saturated heterocycles. The molecule has 0 bridgehead atoms. The minimum Gasteiger partial charge on any atom is -0.454 e. The van der Waals surface area contributed by atoms with E-state index in [1.165, 1.54) is 5.56 Å². The zero-order valence-corrected chi connectivity index (χ0v) is 16.7. The van der Waals surface area contributed by atoms with Crippen LogP contribution in [-0.2, 0) is 6.54 Å². The maximum absolute atomic E-state index is 12.7. The maximum Gasteiger partial charge on any atom is 0.274 e. The Morgan fingerprint density at radius 2 is 1.76 bits per heavy atom. The van der Waals surface area contributed by atoms with Gasteiger partial charge in [-0.2, -0.15) is 0 Å². The zero-order chi connectivity index (χ0) is 20.4. The van der Waals surface area contributed by atoms with Crippen molar-refractivity contribution in [1.82, 2.24) is 4.98 Å². The van der Waals surface area contributed by atoms with Gasteiger partial charge in [-0.15, -0.1) is 0 Å². The van der Waals surface area contributed by atoms with E-state index in [4.69, 9.17) is 9.47 Å². The molecule has 0 spiro atoms. The highest BCUT2D eigenvalue weighted by Gasteiger charge is 2.14. The first-order chi connectivity index (χ1) is 14.0. The molecule has 3 aromatic rings. The summed E-state index contributed by atoms with van der Waals surface area (Å²) < 4.78 is 10.7. The molecule has 2 heterocycles. The molecule has 0 aliphatic carbocycles. The van der Waals surface area contributed by atoms with E-state index in [1.807, 2.05) is 45.0 Å². The van der Waals surface area contributed by atoms with Crippen molar-refractivity contribution in [1.29, 1.82) is 0 Å². The summed E-state index contributed by atoms with van der Waals surface area (Å²) in [6.45, 7) is 6.88. The number of carbonyl (C=O) groups excluding carboxylic acids is 1. The Morgan fingerprint density at radius 1 is 1.00 bits per heavy atom. The van der Waals surface area contributed by atoms with Crippen LogP contribution in [0.3, 0.4) is 0 Å². The van der Waals surface area contributed by atoms with Crippen LogP contribution in [0.15, 0.2) is 48.7 Å². The number of nitrogens with one attached hydrogen (secondary N) is 2. The Labute approximate surface area is 169 Å². The minimum absolute atomic E-state index is 0.230. The second-order valence-corrected chi connectivity index (χ2v) is 7.20. The SMILES string of the molecule is Cc1cc(C)c(NC(=O)c2cc(NCc3ccc4c(c3)OCO4)ccn2)c(C)c1. The molecule has 6 nitrogen and oxygen atoms in total. The molecule has 0 unspecified atom stereocenters. The summed E-state index contributed by atoms with van der Waals surface area (Å²) in [5, 5.41) is 6.32. The van der Waals surface area contributed by atoms with Crippen molar-refractivity contribution in [2.24, 2.45) is 0 Å². The zero-order valence-electron chi connectivity index (χ0n) is 16.7. The minimum atomic E-state index is -0.230. The number of rotatable bonds is 5. The molecule has 1 aromatic heterocycles. The standard InChI is InChI=1S/C23H23N3O3/c1-14-8-15(2)22(16(3)9-14)26-23(27)19-11-18(6-7-24-19)25-12-17-4-5-20-21(10-17)29-13-28-20/h4-11H,12-13H2,1-3H3,(H,24,25)(H,26,27). The number of aromatic nitrogens is 1. The summed E-state index contributed by atoms with van der Waals surface area (Å²) in [4.78, 5) is 17.0. The van der Waals surface area contributed by atoms with Crippen molar-refractivity contribution in [3.05, 3.63) is 76.6 Å². The fourth-order valence-electron chi connectivity index (χ4n) is 3.47. The molecule has 0 saturated carbocycles. The number of pyridine rings is 1. The van der Waals surface area contributed by atoms with E-state index >= 15 is 0 Å². The van der Waals surface area contributed by atoms with Crippen molar-refractivity contribution >= 4 is 17.3 Å². The van der Waals surface area contributed by atoms with Crippen LogP contribution in [0.5, 0.6) is 11.5 Å². The maximum atomic E-state index is 12.7. The Morgan fingerprint density at radius 3 is 2.55 bits per heavy atom. The van der Waals surface area contributed by atoms with Crippen LogP contribution in [0.25, 0.3) is 0 Å². The molecule has 29 heavy (non-hydrogen) atoms. The van der Waals surface area contributed by atoms with E-state index in [-0.39, 0.29) is 12.7 Å². The summed E-state index contributed by atoms with van der Waals surface area (Å²) in [5.74, 6) is 1.29. The Balaban J connectivity index is 1.45. The fourth-order valence-corrected chi connectivity index (χ4v) is 3.47. The van der Waals surface area contributed by atoms with Gasteiger partial charge in [0, 0.05) is 24.1 Å². The van der Waals surface area contributed by atoms with E-state index in [0.717, 1.165) is 39.6 Å². The Bertz CT molecular complexity index is 1060. The van der Waals surface area contributed by atoms with E-state index in [0.29, 0.717) is 12.2 Å². The van der Waals surface area contributed by atoms with Crippen molar-refractivity contribution in [3.63, 3.8) is 0 Å². The summed E-state index contributed by atoms with van der Waals surface area (Å²) in [7, 11) is 0. The van der Waals surface area contributed by atoms with Gasteiger partial charge in [0.25, 0.3) is 5.91 Å². The van der Waals surface area contributed by atoms with Crippen LogP contribution in [0.1, 0.15) is 32.7 Å². The van der Waals surface area contributed by atoms with Crippen molar-refractivity contribution < 1.29 is 14.3 Å². The number of carbonyl (C=O) groups is 1. The predicted octanol–water partition coefficient (Wildman–Crippen LogP) is 4.60. The van der Waals surface area contributed by atoms with Gasteiger partial charge in [-0.1, -0.05) is 23.8 Å². The Kier molecular flexibility index (Phi) is 5.08. The molecule has 0 fully saturated rings. The number of ether oxygens (including phenoxy) is 2. The topological polar surface area (TPSA) is 72.5 Å². The van der Waals surface area contributed by atoms with Crippen molar-refractivity contribution in [2.75, 3.05) is 17.4 Å². The second-order valence-electron chi connectivity index (χ2n) is 7.20. The molecule has 2 aromatic carbocycles. The van der Waals surface area contributed by atoms with Gasteiger partial charge in [0.2, 0.25) is 6.79 Å². The third kappa shape index (κ3) is 4.16. The van der Waals surface area contributed by atoms with E-state index in [9.17, 15) is 4.79 Å². The number of amides is 1. The number of anilines is 2. The Hall–Kier alpha value is -3.54. The average molecular weight is 389 g/mol. The lowest BCUT2D eigenvalue weighted by Crippen LogP contribution is -2.15. The molecular formula is C23H23N3O3. The van der Waals surface area contributed by atoms with E-state index in [2.05, 4.69) is 27.8 Å². The van der Waals surface area contributed by atoms with Crippen LogP contribution in [0.2, 0.25) is 0 Å². The molecular weight excluding hydrogens is 366 g/mol. The van der Waals surface area contributed by atoms with Gasteiger partial charge in [-0.25, -0.2) is 0 Å². The number of nitrogens with zero attached hydrogens (tertiary/aromatic N) is 1. The van der Waals surface area contributed by atoms with Crippen LogP contribution in [0, 0.1) is 20.8 Å². The molecule has 4 rings (SSSR count). The number of hydrogen-bond donors (Lipinski definition) is 2. The van der Waals surface area contributed by atoms with Crippen LogP contribution in [0.4, 0.5) is 11.4 Å². The normalized spacial score (nSPS) is 12.0. The molecule has 2 N–H and O–H groups in total. The first kappa shape index (κ1) is 18.8. The second kappa shape index (κ2) is 7.83. The quantitative estimate of drug-likeness (QED) is 0.667. The highest BCUT2D eigenvalue weighted by atomic mass is 16.7. The lowest BCUT2D eigenvalue weighted by atomic mass is 10.0. The smallest absolute Gasteiger partial charge is 0.274 e. The molecule has 0 atom stereocenters. The van der Waals surface area contributed by atoms with E-state index < -0.39 is 0 Å². The first-order valence-electron chi connectivity index (χ1n) is 9.47. The molecule has 1 aliphatic rings. The third-order valence-corrected chi connectivity index (χ3v) is 4.84. The van der Waals surface area contributed by atoms with Gasteiger partial charge in [0.15, 0.2) is 11.5 Å². The van der Waals surface area contributed by atoms with Gasteiger partial charge >= 0.3 is 0 Å². The largest absolute Gasteiger partial charge is 0.454 e. The molecule has 6 heteroatoms. The number of benzene rings is 2. The average Bonchev–Trinajstić information content (AvgIpc) is 3.17. The predicted molar refractivity (Wildman–Crippen MR) is 113 cm³/mol. The molecule has 0 radical (unpaired) electrons. The van der Waals surface area contributed by atoms with Crippen molar-refractivity contribution in [3.8, 4) is 11.5 Å². The van der Waals surface area contributed by atoms with Gasteiger partial charge in [0.05, 0.1) is 0 Å². The molecule has 1 amide bonds. The summed E-state index contributed by atoms with van der Waals surface area (Å²) >= 11 is 0. The third-order valence-electron chi connectivity index (χ3n) is 4.84. The number of hydrogen-bond acceptors (Lipinski definition) is 5. The summed E-state index contributed by atoms with van der Waals surface area (Å²) in [6.07, 6.45) is 1.63. The highest BCUT2D eigenvalue weighted by molar-refractivity contribution is 6.04. The van der Waals surface area contributed by atoms with E-state index in [1.54, 1.807) is 12.3 Å². The van der Waals surface area contributed by atoms with Crippen LogP contribution >= 0.6 is 0 Å². The summed E-state index contributed by atoms with van der Waals surface area (Å²) in [5.41, 5.74) is 6.32. The number of fused-ring (bicyclic) bond motifs is 1. The van der Waals surface area contributed by atoms with Gasteiger partial charge in [-0.3, -0.25) is 9.78 Å². The lowest BCUT2D eigenvalue weighted by molar-refractivity contribution is 0.102. The van der Waals surface area contributed by atoms with Gasteiger partial charge in [-0.05, 0) is 61.7 Å². The lowest BCUT2D eigenvalue weighted by Gasteiger charge is -2.13. The highest BCUT2D eigenvalue weighted by Crippen LogP contribution is 2.32.